The van der Waals surface area contributed by atoms with Crippen molar-refractivity contribution in [2.45, 2.75) is 26.7 Å². The molecule has 2 aromatic carbocycles. The highest BCUT2D eigenvalue weighted by Crippen LogP contribution is 2.18. The monoisotopic (exact) mass is 311 g/mol. The first-order valence-electron chi connectivity index (χ1n) is 7.59. The second-order valence-corrected chi connectivity index (χ2v) is 5.85. The summed E-state index contributed by atoms with van der Waals surface area (Å²) in [4.78, 5) is 23.6. The quantitative estimate of drug-likeness (QED) is 0.857. The van der Waals surface area contributed by atoms with Crippen LogP contribution in [-0.4, -0.2) is 17.0 Å². The fourth-order valence-electron chi connectivity index (χ4n) is 2.71. The van der Waals surface area contributed by atoms with Crippen molar-refractivity contribution in [2.75, 3.05) is 5.32 Å². The highest BCUT2D eigenvalue weighted by molar-refractivity contribution is 5.94. The van der Waals surface area contributed by atoms with Gasteiger partial charge in [0.2, 0.25) is 5.91 Å². The molecule has 0 aliphatic carbocycles. The third-order valence-electron chi connectivity index (χ3n) is 3.60. The van der Waals surface area contributed by atoms with Crippen LogP contribution in [-0.2, 0) is 16.0 Å². The Morgan fingerprint density at radius 1 is 1.04 bits per heavy atom. The van der Waals surface area contributed by atoms with Gasteiger partial charge < -0.3 is 10.4 Å². The van der Waals surface area contributed by atoms with E-state index in [1.54, 1.807) is 12.1 Å². The van der Waals surface area contributed by atoms with Crippen molar-refractivity contribution in [3.8, 4) is 0 Å². The van der Waals surface area contributed by atoms with Gasteiger partial charge in [0.05, 0.1) is 12.3 Å². The molecule has 4 nitrogen and oxygen atoms in total. The molecule has 0 saturated carbocycles. The number of amides is 1. The lowest BCUT2D eigenvalue weighted by Gasteiger charge is -2.16. The van der Waals surface area contributed by atoms with Crippen LogP contribution in [0.4, 0.5) is 5.69 Å². The van der Waals surface area contributed by atoms with Crippen molar-refractivity contribution in [1.29, 1.82) is 0 Å². The van der Waals surface area contributed by atoms with Crippen molar-refractivity contribution >= 4 is 17.6 Å². The van der Waals surface area contributed by atoms with Gasteiger partial charge in [-0.1, -0.05) is 47.5 Å². The molecule has 23 heavy (non-hydrogen) atoms. The van der Waals surface area contributed by atoms with Crippen LogP contribution in [0.5, 0.6) is 0 Å². The largest absolute Gasteiger partial charge is 0.481 e. The summed E-state index contributed by atoms with van der Waals surface area (Å²) in [5.41, 5.74) is 3.88. The molecular formula is C19H21NO3. The van der Waals surface area contributed by atoms with Crippen LogP contribution in [0.15, 0.2) is 48.5 Å². The molecule has 2 N–H and O–H groups in total. The number of nitrogens with one attached hydrogen (secondary N) is 1. The molecule has 4 heteroatoms. The number of hydrogen-bond donors (Lipinski definition) is 2. The molecule has 0 saturated heterocycles. The van der Waals surface area contributed by atoms with E-state index in [0.717, 1.165) is 16.7 Å². The minimum atomic E-state index is -0.970. The zero-order chi connectivity index (χ0) is 16.8. The number of anilines is 1. The summed E-state index contributed by atoms with van der Waals surface area (Å²) in [6.45, 7) is 3.99. The smallest absolute Gasteiger partial charge is 0.304 e. The zero-order valence-electron chi connectivity index (χ0n) is 13.4. The Kier molecular flexibility index (Phi) is 5.52. The van der Waals surface area contributed by atoms with E-state index in [2.05, 4.69) is 11.4 Å². The van der Waals surface area contributed by atoms with Gasteiger partial charge in [0.15, 0.2) is 0 Å². The number of aliphatic carboxylic acids is 1. The number of carboxylic acid groups (broad SMARTS) is 1. The Morgan fingerprint density at radius 2 is 1.65 bits per heavy atom. The maximum atomic E-state index is 12.4. The van der Waals surface area contributed by atoms with E-state index in [0.29, 0.717) is 12.1 Å². The maximum Gasteiger partial charge on any atom is 0.304 e. The molecule has 0 aliphatic heterocycles. The van der Waals surface area contributed by atoms with Gasteiger partial charge in [-0.3, -0.25) is 9.59 Å². The number of carboxylic acids is 1. The van der Waals surface area contributed by atoms with E-state index in [1.807, 2.05) is 44.2 Å². The first-order valence-corrected chi connectivity index (χ1v) is 7.59. The van der Waals surface area contributed by atoms with Crippen molar-refractivity contribution in [2.24, 2.45) is 5.92 Å². The Labute approximate surface area is 136 Å². The number of carbonyl (C=O) groups excluding carboxylic acids is 1. The maximum absolute atomic E-state index is 12.4. The summed E-state index contributed by atoms with van der Waals surface area (Å²) in [5.74, 6) is -1.84. The molecule has 0 aromatic heterocycles. The minimum absolute atomic E-state index is 0.189. The average molecular weight is 311 g/mol. The molecule has 2 aromatic rings. The van der Waals surface area contributed by atoms with Gasteiger partial charge in [0.25, 0.3) is 0 Å². The van der Waals surface area contributed by atoms with Gasteiger partial charge in [-0.05, 0) is 38.0 Å². The number of hydrogen-bond acceptors (Lipinski definition) is 2. The molecule has 0 fully saturated rings. The summed E-state index contributed by atoms with van der Waals surface area (Å²) in [5, 5.41) is 11.9. The van der Waals surface area contributed by atoms with Gasteiger partial charge in [-0.25, -0.2) is 0 Å². The lowest BCUT2D eigenvalue weighted by atomic mass is 9.93. The molecule has 1 amide bonds. The fraction of sp³-hybridized carbons (Fsp3) is 0.263. The van der Waals surface area contributed by atoms with Gasteiger partial charge in [-0.2, -0.15) is 0 Å². The average Bonchev–Trinajstić information content (AvgIpc) is 2.46. The molecule has 0 spiro atoms. The molecule has 0 aliphatic rings. The SMILES string of the molecule is Cc1cc(C)cc(C[C@H](CC(=O)O)C(=O)Nc2ccccc2)c1. The summed E-state index contributed by atoms with van der Waals surface area (Å²) in [7, 11) is 0. The van der Waals surface area contributed by atoms with E-state index in [4.69, 9.17) is 5.11 Å². The lowest BCUT2D eigenvalue weighted by Crippen LogP contribution is -2.27. The third-order valence-corrected chi connectivity index (χ3v) is 3.60. The molecule has 0 bridgehead atoms. The van der Waals surface area contributed by atoms with Crippen molar-refractivity contribution < 1.29 is 14.7 Å². The topological polar surface area (TPSA) is 66.4 Å². The number of benzene rings is 2. The Bertz CT molecular complexity index is 675. The van der Waals surface area contributed by atoms with Gasteiger partial charge in [0, 0.05) is 5.69 Å². The minimum Gasteiger partial charge on any atom is -0.481 e. The van der Waals surface area contributed by atoms with Crippen molar-refractivity contribution in [1.82, 2.24) is 0 Å². The van der Waals surface area contributed by atoms with Crippen LogP contribution < -0.4 is 5.32 Å². The van der Waals surface area contributed by atoms with Crippen LogP contribution >= 0.6 is 0 Å². The van der Waals surface area contributed by atoms with E-state index >= 15 is 0 Å². The highest BCUT2D eigenvalue weighted by Gasteiger charge is 2.22. The van der Waals surface area contributed by atoms with E-state index < -0.39 is 11.9 Å². The fourth-order valence-corrected chi connectivity index (χ4v) is 2.71. The first-order chi connectivity index (χ1) is 10.9. The molecule has 1 atom stereocenters. The number of carbonyl (C=O) groups is 2. The van der Waals surface area contributed by atoms with Gasteiger partial charge >= 0.3 is 5.97 Å². The molecule has 2 rings (SSSR count). The molecule has 0 unspecified atom stereocenters. The standard InChI is InChI=1S/C19H21NO3/c1-13-8-14(2)10-15(9-13)11-16(12-18(21)22)19(23)20-17-6-4-3-5-7-17/h3-10,16H,11-12H2,1-2H3,(H,20,23)(H,21,22)/t16-/m1/s1. The summed E-state index contributed by atoms with van der Waals surface area (Å²) in [6.07, 6.45) is 0.221. The van der Waals surface area contributed by atoms with Crippen LogP contribution in [0.25, 0.3) is 0 Å². The molecular weight excluding hydrogens is 290 g/mol. The van der Waals surface area contributed by atoms with Crippen LogP contribution in [0, 0.1) is 19.8 Å². The summed E-state index contributed by atoms with van der Waals surface area (Å²) >= 11 is 0. The molecule has 120 valence electrons. The predicted octanol–water partition coefficient (Wildman–Crippen LogP) is 3.58. The first kappa shape index (κ1) is 16.7. The normalized spacial score (nSPS) is 11.7. The van der Waals surface area contributed by atoms with Gasteiger partial charge in [0.1, 0.15) is 0 Å². The van der Waals surface area contributed by atoms with Crippen LogP contribution in [0.2, 0.25) is 0 Å². The van der Waals surface area contributed by atoms with Crippen molar-refractivity contribution in [3.05, 3.63) is 65.2 Å². The van der Waals surface area contributed by atoms with E-state index in [1.165, 1.54) is 0 Å². The summed E-state index contributed by atoms with van der Waals surface area (Å²) < 4.78 is 0. The van der Waals surface area contributed by atoms with E-state index in [9.17, 15) is 9.59 Å². The predicted molar refractivity (Wildman–Crippen MR) is 90.4 cm³/mol. The van der Waals surface area contributed by atoms with Gasteiger partial charge in [-0.15, -0.1) is 0 Å². The summed E-state index contributed by atoms with van der Waals surface area (Å²) in [6, 6.07) is 15.1. The Balaban J connectivity index is 2.15. The second kappa shape index (κ2) is 7.58. The van der Waals surface area contributed by atoms with E-state index in [-0.39, 0.29) is 12.3 Å². The number of rotatable bonds is 6. The Morgan fingerprint density at radius 3 is 2.22 bits per heavy atom. The lowest BCUT2D eigenvalue weighted by molar-refractivity contribution is -0.140. The Hall–Kier alpha value is -2.62. The third kappa shape index (κ3) is 5.25. The van der Waals surface area contributed by atoms with Crippen molar-refractivity contribution in [3.63, 3.8) is 0 Å². The van der Waals surface area contributed by atoms with Crippen LogP contribution in [0.1, 0.15) is 23.1 Å². The number of para-hydroxylation sites is 1. The second-order valence-electron chi connectivity index (χ2n) is 5.85. The zero-order valence-corrected chi connectivity index (χ0v) is 13.4. The van der Waals surface area contributed by atoms with Crippen LogP contribution in [0.3, 0.4) is 0 Å². The highest BCUT2D eigenvalue weighted by atomic mass is 16.4. The molecule has 0 radical (unpaired) electrons. The number of aryl methyl sites for hydroxylation is 2. The molecule has 0 heterocycles.